The van der Waals surface area contributed by atoms with Gasteiger partial charge in [-0.3, -0.25) is 14.5 Å². The summed E-state index contributed by atoms with van der Waals surface area (Å²) in [6.07, 6.45) is 1.34. The fraction of sp³-hybridized carbons (Fsp3) is 0.500. The number of piperazine rings is 1. The number of carbonyl (C=O) groups is 2. The molecular formula is C16H23N3O2. The molecular weight excluding hydrogens is 266 g/mol. The first-order valence-corrected chi connectivity index (χ1v) is 7.43. The highest BCUT2D eigenvalue weighted by atomic mass is 16.2. The Balaban J connectivity index is 1.72. The molecule has 1 aliphatic rings. The molecule has 0 unspecified atom stereocenters. The highest BCUT2D eigenvalue weighted by Crippen LogP contribution is 2.07. The molecule has 21 heavy (non-hydrogen) atoms. The standard InChI is InChI=1S/C16H23N3O2/c1-17-15(20)13-18-9-11-19(12-10-18)16(21)8-7-14-5-3-2-4-6-14/h2-6H,7-13H2,1H3,(H,17,20). The van der Waals surface area contributed by atoms with Gasteiger partial charge in [0.2, 0.25) is 11.8 Å². The lowest BCUT2D eigenvalue weighted by molar-refractivity contribution is -0.133. The quantitative estimate of drug-likeness (QED) is 0.859. The minimum absolute atomic E-state index is 0.0267. The van der Waals surface area contributed by atoms with Crippen molar-refractivity contribution in [2.45, 2.75) is 12.8 Å². The summed E-state index contributed by atoms with van der Waals surface area (Å²) < 4.78 is 0. The van der Waals surface area contributed by atoms with Crippen molar-refractivity contribution >= 4 is 11.8 Å². The summed E-state index contributed by atoms with van der Waals surface area (Å²) in [7, 11) is 1.64. The topological polar surface area (TPSA) is 52.7 Å². The Morgan fingerprint density at radius 3 is 2.38 bits per heavy atom. The van der Waals surface area contributed by atoms with Crippen LogP contribution in [-0.2, 0) is 16.0 Å². The molecule has 1 saturated heterocycles. The number of nitrogens with one attached hydrogen (secondary N) is 1. The fourth-order valence-corrected chi connectivity index (χ4v) is 2.49. The summed E-state index contributed by atoms with van der Waals surface area (Å²) in [4.78, 5) is 27.5. The maximum absolute atomic E-state index is 12.2. The van der Waals surface area contributed by atoms with Gasteiger partial charge in [0.15, 0.2) is 0 Å². The second kappa shape index (κ2) is 7.78. The second-order valence-corrected chi connectivity index (χ2v) is 5.32. The second-order valence-electron chi connectivity index (χ2n) is 5.32. The molecule has 1 heterocycles. The number of nitrogens with zero attached hydrogens (tertiary/aromatic N) is 2. The van der Waals surface area contributed by atoms with Crippen LogP contribution in [0.3, 0.4) is 0 Å². The Labute approximate surface area is 125 Å². The van der Waals surface area contributed by atoms with E-state index in [-0.39, 0.29) is 11.8 Å². The number of hydrogen-bond acceptors (Lipinski definition) is 3. The van der Waals surface area contributed by atoms with Crippen molar-refractivity contribution in [1.82, 2.24) is 15.1 Å². The van der Waals surface area contributed by atoms with Crippen LogP contribution in [0.5, 0.6) is 0 Å². The monoisotopic (exact) mass is 289 g/mol. The molecule has 0 radical (unpaired) electrons. The zero-order chi connectivity index (χ0) is 15.1. The Morgan fingerprint density at radius 1 is 1.10 bits per heavy atom. The first kappa shape index (κ1) is 15.5. The Bertz CT molecular complexity index is 468. The molecule has 2 amide bonds. The molecule has 0 bridgehead atoms. The molecule has 1 aromatic carbocycles. The molecule has 5 heteroatoms. The zero-order valence-electron chi connectivity index (χ0n) is 12.5. The van der Waals surface area contributed by atoms with Crippen LogP contribution >= 0.6 is 0 Å². The molecule has 0 saturated carbocycles. The fourth-order valence-electron chi connectivity index (χ4n) is 2.49. The Morgan fingerprint density at radius 2 is 1.76 bits per heavy atom. The van der Waals surface area contributed by atoms with Crippen molar-refractivity contribution in [3.05, 3.63) is 35.9 Å². The first-order chi connectivity index (χ1) is 10.2. The molecule has 1 aliphatic heterocycles. The highest BCUT2D eigenvalue weighted by molar-refractivity contribution is 5.78. The minimum atomic E-state index is 0.0267. The van der Waals surface area contributed by atoms with E-state index in [9.17, 15) is 9.59 Å². The van der Waals surface area contributed by atoms with Crippen molar-refractivity contribution in [3.63, 3.8) is 0 Å². The van der Waals surface area contributed by atoms with Gasteiger partial charge in [-0.25, -0.2) is 0 Å². The van der Waals surface area contributed by atoms with Gasteiger partial charge in [0.05, 0.1) is 6.54 Å². The van der Waals surface area contributed by atoms with Crippen LogP contribution < -0.4 is 5.32 Å². The van der Waals surface area contributed by atoms with E-state index in [2.05, 4.69) is 22.3 Å². The van der Waals surface area contributed by atoms with Gasteiger partial charge in [-0.05, 0) is 12.0 Å². The average Bonchev–Trinajstić information content (AvgIpc) is 2.54. The minimum Gasteiger partial charge on any atom is -0.358 e. The molecule has 1 aromatic rings. The maximum atomic E-state index is 12.2. The SMILES string of the molecule is CNC(=O)CN1CCN(C(=O)CCc2ccccc2)CC1. The normalized spacial score (nSPS) is 15.8. The van der Waals surface area contributed by atoms with E-state index in [0.717, 1.165) is 19.5 Å². The molecule has 0 aliphatic carbocycles. The van der Waals surface area contributed by atoms with Crippen molar-refractivity contribution in [1.29, 1.82) is 0 Å². The summed E-state index contributed by atoms with van der Waals surface area (Å²) in [5.74, 6) is 0.234. The van der Waals surface area contributed by atoms with Gasteiger partial charge in [-0.15, -0.1) is 0 Å². The summed E-state index contributed by atoms with van der Waals surface area (Å²) in [5.41, 5.74) is 1.20. The highest BCUT2D eigenvalue weighted by Gasteiger charge is 2.21. The van der Waals surface area contributed by atoms with Crippen LogP contribution in [0.4, 0.5) is 0 Å². The van der Waals surface area contributed by atoms with E-state index in [4.69, 9.17) is 0 Å². The van der Waals surface area contributed by atoms with Crippen molar-refractivity contribution < 1.29 is 9.59 Å². The van der Waals surface area contributed by atoms with Gasteiger partial charge in [0.25, 0.3) is 0 Å². The molecule has 0 atom stereocenters. The molecule has 114 valence electrons. The first-order valence-electron chi connectivity index (χ1n) is 7.43. The molecule has 0 spiro atoms. The third-order valence-corrected chi connectivity index (χ3v) is 3.84. The number of hydrogen-bond donors (Lipinski definition) is 1. The van der Waals surface area contributed by atoms with Crippen LogP contribution in [0.25, 0.3) is 0 Å². The van der Waals surface area contributed by atoms with Gasteiger partial charge in [-0.2, -0.15) is 0 Å². The lowest BCUT2D eigenvalue weighted by Crippen LogP contribution is -2.50. The number of likely N-dealkylation sites (N-methyl/N-ethyl adjacent to an activating group) is 1. The third kappa shape index (κ3) is 4.86. The Hall–Kier alpha value is -1.88. The largest absolute Gasteiger partial charge is 0.358 e. The zero-order valence-corrected chi connectivity index (χ0v) is 12.5. The number of rotatable bonds is 5. The lowest BCUT2D eigenvalue weighted by atomic mass is 10.1. The molecule has 5 nitrogen and oxygen atoms in total. The van der Waals surface area contributed by atoms with Crippen LogP contribution in [0.1, 0.15) is 12.0 Å². The van der Waals surface area contributed by atoms with E-state index in [1.807, 2.05) is 23.1 Å². The third-order valence-electron chi connectivity index (χ3n) is 3.84. The maximum Gasteiger partial charge on any atom is 0.233 e. The van der Waals surface area contributed by atoms with Gasteiger partial charge in [0, 0.05) is 39.6 Å². The number of amides is 2. The molecule has 0 aromatic heterocycles. The van der Waals surface area contributed by atoms with Crippen LogP contribution in [0, 0.1) is 0 Å². The van der Waals surface area contributed by atoms with E-state index >= 15 is 0 Å². The van der Waals surface area contributed by atoms with Gasteiger partial charge < -0.3 is 10.2 Å². The van der Waals surface area contributed by atoms with Gasteiger partial charge in [0.1, 0.15) is 0 Å². The van der Waals surface area contributed by atoms with Crippen molar-refractivity contribution in [3.8, 4) is 0 Å². The number of benzene rings is 1. The summed E-state index contributed by atoms with van der Waals surface area (Å²) in [6.45, 7) is 3.38. The Kier molecular flexibility index (Phi) is 5.75. The van der Waals surface area contributed by atoms with E-state index in [0.29, 0.717) is 26.1 Å². The van der Waals surface area contributed by atoms with E-state index in [1.165, 1.54) is 5.56 Å². The number of aryl methyl sites for hydroxylation is 1. The van der Waals surface area contributed by atoms with Crippen molar-refractivity contribution in [2.24, 2.45) is 0 Å². The predicted octanol–water partition coefficient (Wildman–Crippen LogP) is 0.509. The molecule has 1 fully saturated rings. The summed E-state index contributed by atoms with van der Waals surface area (Å²) >= 11 is 0. The predicted molar refractivity (Wildman–Crippen MR) is 81.8 cm³/mol. The van der Waals surface area contributed by atoms with Crippen molar-refractivity contribution in [2.75, 3.05) is 39.8 Å². The van der Waals surface area contributed by atoms with E-state index < -0.39 is 0 Å². The van der Waals surface area contributed by atoms with Gasteiger partial charge in [-0.1, -0.05) is 30.3 Å². The summed E-state index contributed by atoms with van der Waals surface area (Å²) in [6, 6.07) is 10.1. The van der Waals surface area contributed by atoms with Crippen LogP contribution in [0.2, 0.25) is 0 Å². The van der Waals surface area contributed by atoms with E-state index in [1.54, 1.807) is 7.05 Å². The number of carbonyl (C=O) groups excluding carboxylic acids is 2. The molecule has 1 N–H and O–H groups in total. The molecule has 2 rings (SSSR count). The average molecular weight is 289 g/mol. The summed E-state index contributed by atoms with van der Waals surface area (Å²) in [5, 5.41) is 2.62. The van der Waals surface area contributed by atoms with Gasteiger partial charge >= 0.3 is 0 Å². The lowest BCUT2D eigenvalue weighted by Gasteiger charge is -2.34. The van der Waals surface area contributed by atoms with Crippen LogP contribution in [-0.4, -0.2) is 61.4 Å². The smallest absolute Gasteiger partial charge is 0.233 e. The van der Waals surface area contributed by atoms with Crippen LogP contribution in [0.15, 0.2) is 30.3 Å².